The summed E-state index contributed by atoms with van der Waals surface area (Å²) in [7, 11) is 0. The van der Waals surface area contributed by atoms with Gasteiger partial charge in [0.15, 0.2) is 11.5 Å². The fourth-order valence-corrected chi connectivity index (χ4v) is 2.56. The summed E-state index contributed by atoms with van der Waals surface area (Å²) in [5.74, 6) is 1.77. The number of benzene rings is 3. The van der Waals surface area contributed by atoms with Gasteiger partial charge in [-0.3, -0.25) is 0 Å². The normalized spacial score (nSPS) is 12.2. The summed E-state index contributed by atoms with van der Waals surface area (Å²) < 4.78 is 5.99. The molecule has 2 nitrogen and oxygen atoms in total. The van der Waals surface area contributed by atoms with Gasteiger partial charge >= 0.3 is 0 Å². The van der Waals surface area contributed by atoms with Gasteiger partial charge < -0.3 is 9.64 Å². The van der Waals surface area contributed by atoms with E-state index in [9.17, 15) is 0 Å². The van der Waals surface area contributed by atoms with Crippen LogP contribution in [0.3, 0.4) is 0 Å². The standard InChI is InChI=1S/C18H13NO.C5H12/c1-2-8-14(9-3-1)19-15-10-4-6-12-17(15)20-18-13-7-5-11-16(18)19;1-5(2,3)4/h1-13H;1-4H3. The monoisotopic (exact) mass is 331 g/mol. The maximum absolute atomic E-state index is 5.99. The lowest BCUT2D eigenvalue weighted by Crippen LogP contribution is -2.15. The first-order valence-electron chi connectivity index (χ1n) is 8.64. The molecule has 0 radical (unpaired) electrons. The minimum Gasteiger partial charge on any atom is -0.453 e. The van der Waals surface area contributed by atoms with Crippen molar-refractivity contribution in [2.75, 3.05) is 4.90 Å². The number of ether oxygens (including phenoxy) is 1. The Bertz CT molecular complexity index is 782. The quantitative estimate of drug-likeness (QED) is 0.362. The largest absolute Gasteiger partial charge is 0.453 e. The molecule has 0 atom stereocenters. The summed E-state index contributed by atoms with van der Waals surface area (Å²) in [6.07, 6.45) is 0. The second-order valence-corrected chi connectivity index (χ2v) is 7.71. The Morgan fingerprint density at radius 3 is 1.48 bits per heavy atom. The highest BCUT2D eigenvalue weighted by atomic mass is 16.5. The number of anilines is 3. The summed E-state index contributed by atoms with van der Waals surface area (Å²) in [5.41, 5.74) is 3.77. The van der Waals surface area contributed by atoms with Crippen molar-refractivity contribution in [1.82, 2.24) is 0 Å². The molecule has 0 N–H and O–H groups in total. The van der Waals surface area contributed by atoms with Crippen LogP contribution in [0.2, 0.25) is 0 Å². The molecule has 3 aromatic rings. The summed E-state index contributed by atoms with van der Waals surface area (Å²) in [6, 6.07) is 26.6. The number of hydrogen-bond acceptors (Lipinski definition) is 2. The number of para-hydroxylation sites is 5. The topological polar surface area (TPSA) is 12.5 Å². The number of fused-ring (bicyclic) bond motifs is 2. The molecule has 0 bridgehead atoms. The third-order valence-corrected chi connectivity index (χ3v) is 3.45. The highest BCUT2D eigenvalue weighted by Crippen LogP contribution is 2.49. The molecule has 0 aromatic heterocycles. The molecule has 0 unspecified atom stereocenters. The molecule has 128 valence electrons. The van der Waals surface area contributed by atoms with Crippen LogP contribution in [-0.2, 0) is 0 Å². The van der Waals surface area contributed by atoms with E-state index in [1.54, 1.807) is 0 Å². The van der Waals surface area contributed by atoms with Crippen molar-refractivity contribution in [3.63, 3.8) is 0 Å². The van der Waals surface area contributed by atoms with E-state index in [-0.39, 0.29) is 0 Å². The Balaban J connectivity index is 0.000000324. The SMILES string of the molecule is CC(C)(C)C.c1ccc(N2c3ccccc3Oc3ccccc32)cc1. The predicted octanol–water partition coefficient (Wildman–Crippen LogP) is 7.31. The van der Waals surface area contributed by atoms with Crippen molar-refractivity contribution in [3.8, 4) is 11.5 Å². The van der Waals surface area contributed by atoms with E-state index in [0.29, 0.717) is 5.41 Å². The maximum Gasteiger partial charge on any atom is 0.151 e. The molecule has 1 heterocycles. The first-order valence-corrected chi connectivity index (χ1v) is 8.64. The van der Waals surface area contributed by atoms with Gasteiger partial charge in [-0.2, -0.15) is 0 Å². The molecule has 3 aromatic carbocycles. The van der Waals surface area contributed by atoms with Crippen LogP contribution >= 0.6 is 0 Å². The van der Waals surface area contributed by atoms with E-state index < -0.39 is 0 Å². The van der Waals surface area contributed by atoms with Crippen LogP contribution in [0.4, 0.5) is 17.1 Å². The van der Waals surface area contributed by atoms with Crippen LogP contribution in [-0.4, -0.2) is 0 Å². The first kappa shape index (κ1) is 17.1. The van der Waals surface area contributed by atoms with E-state index in [1.807, 2.05) is 42.5 Å². The zero-order chi connectivity index (χ0) is 17.9. The number of nitrogens with zero attached hydrogens (tertiary/aromatic N) is 1. The lowest BCUT2D eigenvalue weighted by atomic mass is 10.0. The number of rotatable bonds is 1. The highest BCUT2D eigenvalue weighted by molar-refractivity contribution is 5.85. The Kier molecular flexibility index (Phi) is 4.80. The van der Waals surface area contributed by atoms with Crippen LogP contribution in [0, 0.1) is 5.41 Å². The van der Waals surface area contributed by atoms with Crippen molar-refractivity contribution >= 4 is 17.1 Å². The van der Waals surface area contributed by atoms with E-state index >= 15 is 0 Å². The lowest BCUT2D eigenvalue weighted by molar-refractivity contribution is 0.469. The fraction of sp³-hybridized carbons (Fsp3) is 0.217. The molecule has 25 heavy (non-hydrogen) atoms. The molecule has 4 rings (SSSR count). The Hall–Kier alpha value is -2.74. The molecular formula is C23H25NO. The second kappa shape index (κ2) is 7.02. The third kappa shape index (κ3) is 4.21. The van der Waals surface area contributed by atoms with E-state index in [1.165, 1.54) is 0 Å². The predicted molar refractivity (Wildman–Crippen MR) is 106 cm³/mol. The maximum atomic E-state index is 5.99. The molecule has 0 saturated heterocycles. The first-order chi connectivity index (χ1) is 11.9. The van der Waals surface area contributed by atoms with Gasteiger partial charge in [-0.15, -0.1) is 0 Å². The van der Waals surface area contributed by atoms with Gasteiger partial charge in [0.2, 0.25) is 0 Å². The minimum absolute atomic E-state index is 0.500. The molecule has 1 aliphatic heterocycles. The van der Waals surface area contributed by atoms with Crippen LogP contribution in [0.15, 0.2) is 78.9 Å². The molecule has 0 spiro atoms. The zero-order valence-corrected chi connectivity index (χ0v) is 15.4. The highest BCUT2D eigenvalue weighted by Gasteiger charge is 2.24. The average Bonchev–Trinajstić information content (AvgIpc) is 2.59. The van der Waals surface area contributed by atoms with Crippen molar-refractivity contribution in [2.24, 2.45) is 5.41 Å². The summed E-state index contributed by atoms with van der Waals surface area (Å²) in [6.45, 7) is 8.75. The third-order valence-electron chi connectivity index (χ3n) is 3.45. The number of hydrogen-bond donors (Lipinski definition) is 0. The van der Waals surface area contributed by atoms with Gasteiger partial charge in [-0.1, -0.05) is 70.2 Å². The second-order valence-electron chi connectivity index (χ2n) is 7.71. The molecule has 0 fully saturated rings. The van der Waals surface area contributed by atoms with Crippen molar-refractivity contribution in [3.05, 3.63) is 78.9 Å². The Labute approximate surface area is 150 Å². The van der Waals surface area contributed by atoms with Gasteiger partial charge in [0.25, 0.3) is 0 Å². The van der Waals surface area contributed by atoms with Crippen molar-refractivity contribution < 1.29 is 4.74 Å². The zero-order valence-electron chi connectivity index (χ0n) is 15.4. The lowest BCUT2D eigenvalue weighted by Gasteiger charge is -2.32. The van der Waals surface area contributed by atoms with Crippen LogP contribution in [0.5, 0.6) is 11.5 Å². The molecule has 0 saturated carbocycles. The molecule has 2 heteroatoms. The molecular weight excluding hydrogens is 306 g/mol. The van der Waals surface area contributed by atoms with E-state index in [4.69, 9.17) is 4.74 Å². The minimum atomic E-state index is 0.500. The van der Waals surface area contributed by atoms with Gasteiger partial charge in [0, 0.05) is 5.69 Å². The van der Waals surface area contributed by atoms with Gasteiger partial charge in [0.05, 0.1) is 11.4 Å². The van der Waals surface area contributed by atoms with Crippen LogP contribution < -0.4 is 9.64 Å². The van der Waals surface area contributed by atoms with Gasteiger partial charge in [-0.05, 0) is 41.8 Å². The van der Waals surface area contributed by atoms with Crippen molar-refractivity contribution in [2.45, 2.75) is 27.7 Å². The van der Waals surface area contributed by atoms with Crippen LogP contribution in [0.25, 0.3) is 0 Å². The van der Waals surface area contributed by atoms with E-state index in [0.717, 1.165) is 28.6 Å². The van der Waals surface area contributed by atoms with Crippen LogP contribution in [0.1, 0.15) is 27.7 Å². The molecule has 1 aliphatic rings. The van der Waals surface area contributed by atoms with Gasteiger partial charge in [-0.25, -0.2) is 0 Å². The summed E-state index contributed by atoms with van der Waals surface area (Å²) in [4.78, 5) is 2.23. The van der Waals surface area contributed by atoms with E-state index in [2.05, 4.69) is 69.0 Å². The average molecular weight is 331 g/mol. The summed E-state index contributed by atoms with van der Waals surface area (Å²) in [5, 5.41) is 0. The Morgan fingerprint density at radius 1 is 0.600 bits per heavy atom. The van der Waals surface area contributed by atoms with Crippen molar-refractivity contribution in [1.29, 1.82) is 0 Å². The smallest absolute Gasteiger partial charge is 0.151 e. The fourth-order valence-electron chi connectivity index (χ4n) is 2.56. The summed E-state index contributed by atoms with van der Waals surface area (Å²) >= 11 is 0. The molecule has 0 aliphatic carbocycles. The van der Waals surface area contributed by atoms with Gasteiger partial charge in [0.1, 0.15) is 0 Å². The molecule has 0 amide bonds. The Morgan fingerprint density at radius 2 is 1.00 bits per heavy atom.